The fourth-order valence-electron chi connectivity index (χ4n) is 2.10. The van der Waals surface area contributed by atoms with Crippen molar-refractivity contribution in [3.63, 3.8) is 0 Å². The smallest absolute Gasteiger partial charge is 0.0116 e. The van der Waals surface area contributed by atoms with Gasteiger partial charge in [0.15, 0.2) is 0 Å². The van der Waals surface area contributed by atoms with E-state index < -0.39 is 0 Å². The average molecular weight is 244 g/mol. The van der Waals surface area contributed by atoms with Crippen LogP contribution in [0.3, 0.4) is 0 Å². The van der Waals surface area contributed by atoms with E-state index in [9.17, 15) is 0 Å². The first-order valence-corrected chi connectivity index (χ1v) is 7.63. The van der Waals surface area contributed by atoms with E-state index in [0.717, 1.165) is 0 Å². The van der Waals surface area contributed by atoms with Gasteiger partial charge < -0.3 is 10.2 Å². The molecule has 0 unspecified atom stereocenters. The summed E-state index contributed by atoms with van der Waals surface area (Å²) in [6.45, 7) is 9.83. The Hall–Kier alpha value is 0.270. The molecule has 1 saturated heterocycles. The highest BCUT2D eigenvalue weighted by Crippen LogP contribution is 2.30. The zero-order valence-corrected chi connectivity index (χ0v) is 12.0. The molecule has 0 radical (unpaired) electrons. The molecular weight excluding hydrogens is 216 g/mol. The summed E-state index contributed by atoms with van der Waals surface area (Å²) in [6.07, 6.45) is 5.40. The number of unbranched alkanes of at least 4 members (excludes halogenated alkanes) is 2. The Bertz CT molecular complexity index is 183. The summed E-state index contributed by atoms with van der Waals surface area (Å²) in [7, 11) is 2.04. The molecule has 2 nitrogen and oxygen atoms in total. The lowest BCUT2D eigenvalue weighted by atomic mass is 10.1. The van der Waals surface area contributed by atoms with Gasteiger partial charge in [0.25, 0.3) is 0 Å². The number of rotatable bonds is 6. The molecule has 0 atom stereocenters. The van der Waals surface area contributed by atoms with Crippen molar-refractivity contribution in [3.05, 3.63) is 0 Å². The summed E-state index contributed by atoms with van der Waals surface area (Å²) in [4.78, 5) is 2.65. The highest BCUT2D eigenvalue weighted by molar-refractivity contribution is 8.00. The second-order valence-electron chi connectivity index (χ2n) is 5.36. The second kappa shape index (κ2) is 7.57. The monoisotopic (exact) mass is 244 g/mol. The topological polar surface area (TPSA) is 15.3 Å². The van der Waals surface area contributed by atoms with E-state index in [-0.39, 0.29) is 0 Å². The minimum atomic E-state index is 0.501. The molecule has 1 aliphatic heterocycles. The Kier molecular flexibility index (Phi) is 6.78. The van der Waals surface area contributed by atoms with Gasteiger partial charge in [-0.25, -0.2) is 0 Å². The summed E-state index contributed by atoms with van der Waals surface area (Å²) in [5.74, 6) is 1.31. The zero-order chi connectivity index (χ0) is 11.9. The van der Waals surface area contributed by atoms with Crippen LogP contribution in [0.1, 0.15) is 39.5 Å². The van der Waals surface area contributed by atoms with E-state index in [1.807, 2.05) is 7.05 Å². The maximum Gasteiger partial charge on any atom is 0.0116 e. The molecule has 96 valence electrons. The van der Waals surface area contributed by atoms with E-state index in [1.165, 1.54) is 57.6 Å². The van der Waals surface area contributed by atoms with Crippen molar-refractivity contribution in [1.82, 2.24) is 10.2 Å². The molecule has 1 heterocycles. The Morgan fingerprint density at radius 3 is 2.75 bits per heavy atom. The highest BCUT2D eigenvalue weighted by Gasteiger charge is 2.22. The first kappa shape index (κ1) is 14.3. The molecule has 0 aliphatic carbocycles. The molecular formula is C13H28N2S. The van der Waals surface area contributed by atoms with Gasteiger partial charge in [-0.05, 0) is 45.9 Å². The van der Waals surface area contributed by atoms with Crippen molar-refractivity contribution in [1.29, 1.82) is 0 Å². The fourth-order valence-corrected chi connectivity index (χ4v) is 3.24. The van der Waals surface area contributed by atoms with E-state index in [2.05, 4.69) is 35.8 Å². The van der Waals surface area contributed by atoms with E-state index >= 15 is 0 Å². The molecule has 1 N–H and O–H groups in total. The van der Waals surface area contributed by atoms with Crippen LogP contribution in [0.25, 0.3) is 0 Å². The van der Waals surface area contributed by atoms with Gasteiger partial charge in [-0.3, -0.25) is 0 Å². The van der Waals surface area contributed by atoms with Crippen LogP contribution in [0.5, 0.6) is 0 Å². The second-order valence-corrected chi connectivity index (χ2v) is 7.17. The largest absolute Gasteiger partial charge is 0.320 e. The van der Waals surface area contributed by atoms with Crippen LogP contribution < -0.4 is 5.32 Å². The van der Waals surface area contributed by atoms with Crippen molar-refractivity contribution in [2.24, 2.45) is 0 Å². The molecule has 0 amide bonds. The minimum Gasteiger partial charge on any atom is -0.320 e. The van der Waals surface area contributed by atoms with Crippen LogP contribution in [0.15, 0.2) is 0 Å². The van der Waals surface area contributed by atoms with E-state index in [4.69, 9.17) is 0 Å². The Morgan fingerprint density at radius 2 is 2.00 bits per heavy atom. The van der Waals surface area contributed by atoms with Crippen molar-refractivity contribution in [2.75, 3.05) is 39.0 Å². The normalized spacial score (nSPS) is 21.9. The zero-order valence-electron chi connectivity index (χ0n) is 11.2. The van der Waals surface area contributed by atoms with Crippen molar-refractivity contribution in [3.8, 4) is 0 Å². The fraction of sp³-hybridized carbons (Fsp3) is 1.00. The Morgan fingerprint density at radius 1 is 1.19 bits per heavy atom. The minimum absolute atomic E-state index is 0.501. The molecule has 0 aromatic carbocycles. The molecule has 1 aliphatic rings. The third kappa shape index (κ3) is 6.12. The third-order valence-electron chi connectivity index (χ3n) is 3.33. The number of nitrogens with zero attached hydrogens (tertiary/aromatic N) is 1. The number of hydrogen-bond donors (Lipinski definition) is 1. The van der Waals surface area contributed by atoms with Crippen molar-refractivity contribution < 1.29 is 0 Å². The summed E-state index contributed by atoms with van der Waals surface area (Å²) in [6, 6.07) is 0. The predicted octanol–water partition coefficient (Wildman–Crippen LogP) is 2.59. The summed E-state index contributed by atoms with van der Waals surface area (Å²) in [5, 5.41) is 3.21. The lowest BCUT2D eigenvalue weighted by Crippen LogP contribution is -2.28. The van der Waals surface area contributed by atoms with Crippen LogP contribution in [0.2, 0.25) is 0 Å². The van der Waals surface area contributed by atoms with Gasteiger partial charge in [0.1, 0.15) is 0 Å². The van der Waals surface area contributed by atoms with Crippen LogP contribution in [0, 0.1) is 0 Å². The lowest BCUT2D eigenvalue weighted by Gasteiger charge is -2.22. The molecule has 0 aromatic rings. The molecule has 1 fully saturated rings. The molecule has 0 saturated carbocycles. The summed E-state index contributed by atoms with van der Waals surface area (Å²) < 4.78 is 0.501. The third-order valence-corrected chi connectivity index (χ3v) is 4.70. The molecule has 0 aromatic heterocycles. The van der Waals surface area contributed by atoms with Gasteiger partial charge in [-0.15, -0.1) is 0 Å². The summed E-state index contributed by atoms with van der Waals surface area (Å²) in [5.41, 5.74) is 0. The first-order chi connectivity index (χ1) is 7.64. The molecule has 16 heavy (non-hydrogen) atoms. The van der Waals surface area contributed by atoms with Crippen LogP contribution in [-0.4, -0.2) is 48.6 Å². The SMILES string of the molecule is CNCCCCCN1CCSC(C)(C)CC1. The molecule has 0 bridgehead atoms. The maximum atomic E-state index is 3.21. The van der Waals surface area contributed by atoms with Crippen molar-refractivity contribution in [2.45, 2.75) is 44.3 Å². The van der Waals surface area contributed by atoms with Gasteiger partial charge in [-0.1, -0.05) is 20.3 Å². The quantitative estimate of drug-likeness (QED) is 0.723. The van der Waals surface area contributed by atoms with Gasteiger partial charge in [0.2, 0.25) is 0 Å². The van der Waals surface area contributed by atoms with Crippen molar-refractivity contribution >= 4 is 11.8 Å². The van der Waals surface area contributed by atoms with Crippen LogP contribution in [-0.2, 0) is 0 Å². The van der Waals surface area contributed by atoms with Gasteiger partial charge in [-0.2, -0.15) is 11.8 Å². The number of hydrogen-bond acceptors (Lipinski definition) is 3. The predicted molar refractivity (Wildman–Crippen MR) is 75.4 cm³/mol. The highest BCUT2D eigenvalue weighted by atomic mass is 32.2. The lowest BCUT2D eigenvalue weighted by molar-refractivity contribution is 0.277. The number of thioether (sulfide) groups is 1. The Balaban J connectivity index is 2.08. The van der Waals surface area contributed by atoms with Gasteiger partial charge >= 0.3 is 0 Å². The molecule has 0 spiro atoms. The summed E-state index contributed by atoms with van der Waals surface area (Å²) >= 11 is 2.14. The maximum absolute atomic E-state index is 3.21. The standard InChI is InChI=1S/C13H28N2S/c1-13(2)7-10-15(11-12-16-13)9-6-4-5-8-14-3/h14H,4-12H2,1-3H3. The Labute approximate surface area is 106 Å². The van der Waals surface area contributed by atoms with Crippen LogP contribution >= 0.6 is 11.8 Å². The van der Waals surface area contributed by atoms with Gasteiger partial charge in [0, 0.05) is 17.0 Å². The van der Waals surface area contributed by atoms with E-state index in [1.54, 1.807) is 0 Å². The number of nitrogens with one attached hydrogen (secondary N) is 1. The average Bonchev–Trinajstić information content (AvgIpc) is 2.40. The van der Waals surface area contributed by atoms with Crippen LogP contribution in [0.4, 0.5) is 0 Å². The van der Waals surface area contributed by atoms with E-state index in [0.29, 0.717) is 4.75 Å². The molecule has 1 rings (SSSR count). The van der Waals surface area contributed by atoms with Gasteiger partial charge in [0.05, 0.1) is 0 Å². The first-order valence-electron chi connectivity index (χ1n) is 6.65. The molecule has 3 heteroatoms.